The summed E-state index contributed by atoms with van der Waals surface area (Å²) in [6, 6.07) is 24.7. The second-order valence-electron chi connectivity index (χ2n) is 5.80. The number of imidazole rings is 1. The lowest BCUT2D eigenvalue weighted by atomic mass is 10.1. The number of H-pyrrole nitrogens is 2. The Bertz CT molecular complexity index is 1150. The molecule has 0 saturated heterocycles. The van der Waals surface area contributed by atoms with E-state index in [0.717, 1.165) is 33.5 Å². The van der Waals surface area contributed by atoms with Crippen LogP contribution in [0.25, 0.3) is 44.6 Å². The van der Waals surface area contributed by atoms with Gasteiger partial charge in [-0.05, 0) is 29.3 Å². The van der Waals surface area contributed by atoms with Crippen molar-refractivity contribution in [2.75, 3.05) is 0 Å². The Morgan fingerprint density at radius 1 is 0.708 bits per heavy atom. The van der Waals surface area contributed by atoms with Gasteiger partial charge in [-0.1, -0.05) is 54.6 Å². The number of benzene rings is 3. The molecule has 2 heterocycles. The first kappa shape index (κ1) is 13.1. The normalized spacial score (nSPS) is 11.3. The summed E-state index contributed by atoms with van der Waals surface area (Å²) < 4.78 is 0. The molecule has 0 radical (unpaired) electrons. The van der Waals surface area contributed by atoms with Gasteiger partial charge in [0.15, 0.2) is 5.82 Å². The lowest BCUT2D eigenvalue weighted by molar-refractivity contribution is 1.11. The van der Waals surface area contributed by atoms with Crippen molar-refractivity contribution in [1.82, 2.24) is 20.2 Å². The Balaban J connectivity index is 1.66. The van der Waals surface area contributed by atoms with Gasteiger partial charge >= 0.3 is 0 Å². The van der Waals surface area contributed by atoms with Gasteiger partial charge in [0.05, 0.1) is 16.6 Å². The van der Waals surface area contributed by atoms with E-state index in [1.807, 2.05) is 24.3 Å². The van der Waals surface area contributed by atoms with Crippen molar-refractivity contribution in [3.8, 4) is 22.6 Å². The van der Waals surface area contributed by atoms with Crippen LogP contribution in [0.15, 0.2) is 72.8 Å². The van der Waals surface area contributed by atoms with Gasteiger partial charge in [-0.3, -0.25) is 5.10 Å². The van der Waals surface area contributed by atoms with Crippen molar-refractivity contribution in [2.24, 2.45) is 0 Å². The van der Waals surface area contributed by atoms with Gasteiger partial charge in [-0.15, -0.1) is 0 Å². The fourth-order valence-corrected chi connectivity index (χ4v) is 3.08. The van der Waals surface area contributed by atoms with Crippen LogP contribution in [0.4, 0.5) is 0 Å². The zero-order chi connectivity index (χ0) is 15.9. The average molecular weight is 310 g/mol. The summed E-state index contributed by atoms with van der Waals surface area (Å²) in [4.78, 5) is 8.13. The van der Waals surface area contributed by atoms with Crippen LogP contribution in [-0.4, -0.2) is 20.2 Å². The van der Waals surface area contributed by atoms with Crippen LogP contribution in [-0.2, 0) is 0 Å². The summed E-state index contributed by atoms with van der Waals surface area (Å²) in [6.45, 7) is 0. The van der Waals surface area contributed by atoms with Crippen molar-refractivity contribution in [1.29, 1.82) is 0 Å². The minimum atomic E-state index is 0.809. The fourth-order valence-electron chi connectivity index (χ4n) is 3.08. The first-order valence-corrected chi connectivity index (χ1v) is 7.87. The summed E-state index contributed by atoms with van der Waals surface area (Å²) in [6.07, 6.45) is 0. The second-order valence-corrected chi connectivity index (χ2v) is 5.80. The van der Waals surface area contributed by atoms with E-state index in [2.05, 4.69) is 63.7 Å². The predicted molar refractivity (Wildman–Crippen MR) is 96.6 cm³/mol. The molecule has 2 aromatic heterocycles. The minimum Gasteiger partial charge on any atom is -0.337 e. The van der Waals surface area contributed by atoms with Crippen LogP contribution in [0.5, 0.6) is 0 Å². The summed E-state index contributed by atoms with van der Waals surface area (Å²) >= 11 is 0. The van der Waals surface area contributed by atoms with E-state index in [1.54, 1.807) is 0 Å². The molecule has 4 heteroatoms. The number of hydrogen-bond donors (Lipinski definition) is 2. The standard InChI is InChI=1S/C20H14N4/c1-2-6-13(7-3-1)14-10-11-17-18(12-14)22-20(21-17)19-15-8-4-5-9-16(15)23-24-19/h1-12H,(H,21,22)(H,23,24). The number of aromatic amines is 2. The first-order valence-electron chi connectivity index (χ1n) is 7.87. The molecule has 0 aliphatic carbocycles. The number of fused-ring (bicyclic) bond motifs is 2. The maximum Gasteiger partial charge on any atom is 0.157 e. The number of nitrogens with zero attached hydrogens (tertiary/aromatic N) is 2. The molecule has 0 amide bonds. The van der Waals surface area contributed by atoms with Crippen molar-refractivity contribution in [3.05, 3.63) is 72.8 Å². The Morgan fingerprint density at radius 2 is 1.54 bits per heavy atom. The summed E-state index contributed by atoms with van der Waals surface area (Å²) in [5.74, 6) is 0.809. The largest absolute Gasteiger partial charge is 0.337 e. The molecule has 0 fully saturated rings. The number of hydrogen-bond acceptors (Lipinski definition) is 2. The summed E-state index contributed by atoms with van der Waals surface area (Å²) in [5.41, 5.74) is 6.20. The third-order valence-corrected chi connectivity index (χ3v) is 4.29. The molecule has 3 aromatic carbocycles. The van der Waals surface area contributed by atoms with Crippen molar-refractivity contribution in [3.63, 3.8) is 0 Å². The molecule has 0 aliphatic heterocycles. The van der Waals surface area contributed by atoms with Crippen molar-refractivity contribution in [2.45, 2.75) is 0 Å². The predicted octanol–water partition coefficient (Wildman–Crippen LogP) is 4.77. The molecular weight excluding hydrogens is 296 g/mol. The Morgan fingerprint density at radius 3 is 2.46 bits per heavy atom. The maximum atomic E-state index is 4.71. The molecule has 0 unspecified atom stereocenters. The second kappa shape index (κ2) is 5.06. The smallest absolute Gasteiger partial charge is 0.157 e. The number of aromatic nitrogens is 4. The summed E-state index contributed by atoms with van der Waals surface area (Å²) in [5, 5.41) is 8.51. The van der Waals surface area contributed by atoms with Gasteiger partial charge in [-0.2, -0.15) is 5.10 Å². The van der Waals surface area contributed by atoms with Crippen molar-refractivity contribution >= 4 is 21.9 Å². The molecule has 0 bridgehead atoms. The Kier molecular flexibility index (Phi) is 2.76. The van der Waals surface area contributed by atoms with Gasteiger partial charge < -0.3 is 4.98 Å². The van der Waals surface area contributed by atoms with Gasteiger partial charge in [0, 0.05) is 5.39 Å². The van der Waals surface area contributed by atoms with Crippen molar-refractivity contribution < 1.29 is 0 Å². The highest BCUT2D eigenvalue weighted by molar-refractivity contribution is 5.93. The Hall–Kier alpha value is -3.40. The van der Waals surface area contributed by atoms with E-state index in [1.165, 1.54) is 11.1 Å². The number of nitrogens with one attached hydrogen (secondary N) is 2. The monoisotopic (exact) mass is 310 g/mol. The van der Waals surface area contributed by atoms with Crippen LogP contribution in [0.3, 0.4) is 0 Å². The first-order chi connectivity index (χ1) is 11.9. The number of rotatable bonds is 2. The molecule has 5 aromatic rings. The molecule has 0 spiro atoms. The minimum absolute atomic E-state index is 0.809. The molecule has 0 atom stereocenters. The highest BCUT2D eigenvalue weighted by Crippen LogP contribution is 2.28. The third kappa shape index (κ3) is 2.01. The zero-order valence-electron chi connectivity index (χ0n) is 12.8. The lowest BCUT2D eigenvalue weighted by Gasteiger charge is -2.00. The molecule has 114 valence electrons. The molecule has 0 aliphatic rings. The highest BCUT2D eigenvalue weighted by Gasteiger charge is 2.12. The zero-order valence-corrected chi connectivity index (χ0v) is 12.8. The van der Waals surface area contributed by atoms with Crippen LogP contribution in [0.1, 0.15) is 0 Å². The highest BCUT2D eigenvalue weighted by atomic mass is 15.1. The van der Waals surface area contributed by atoms with Crippen LogP contribution < -0.4 is 0 Å². The Labute approximate surface area is 138 Å². The van der Waals surface area contributed by atoms with Gasteiger partial charge in [0.25, 0.3) is 0 Å². The fraction of sp³-hybridized carbons (Fsp3) is 0. The lowest BCUT2D eigenvalue weighted by Crippen LogP contribution is -1.80. The molecular formula is C20H14N4. The third-order valence-electron chi connectivity index (χ3n) is 4.29. The van der Waals surface area contributed by atoms with E-state index in [-0.39, 0.29) is 0 Å². The molecule has 4 nitrogen and oxygen atoms in total. The molecule has 2 N–H and O–H groups in total. The molecule has 5 rings (SSSR count). The topological polar surface area (TPSA) is 57.4 Å². The quantitative estimate of drug-likeness (QED) is 0.493. The van der Waals surface area contributed by atoms with E-state index < -0.39 is 0 Å². The average Bonchev–Trinajstić information content (AvgIpc) is 3.25. The SMILES string of the molecule is c1ccc(-c2ccc3nc(-c4[nH]nc5ccccc45)[nH]c3c2)cc1. The van der Waals surface area contributed by atoms with E-state index in [4.69, 9.17) is 4.98 Å². The van der Waals surface area contributed by atoms with Gasteiger partial charge in [-0.25, -0.2) is 4.98 Å². The van der Waals surface area contributed by atoms with E-state index in [0.29, 0.717) is 0 Å². The van der Waals surface area contributed by atoms with Gasteiger partial charge in [0.2, 0.25) is 0 Å². The van der Waals surface area contributed by atoms with E-state index >= 15 is 0 Å². The summed E-state index contributed by atoms with van der Waals surface area (Å²) in [7, 11) is 0. The van der Waals surface area contributed by atoms with Crippen LogP contribution in [0.2, 0.25) is 0 Å². The van der Waals surface area contributed by atoms with Gasteiger partial charge in [0.1, 0.15) is 5.69 Å². The van der Waals surface area contributed by atoms with Crippen LogP contribution in [0, 0.1) is 0 Å². The number of para-hydroxylation sites is 1. The molecule has 24 heavy (non-hydrogen) atoms. The molecule has 0 saturated carbocycles. The van der Waals surface area contributed by atoms with E-state index in [9.17, 15) is 0 Å². The van der Waals surface area contributed by atoms with Crippen LogP contribution >= 0.6 is 0 Å². The maximum absolute atomic E-state index is 4.71.